The first-order chi connectivity index (χ1) is 8.94. The van der Waals surface area contributed by atoms with E-state index in [0.717, 1.165) is 5.75 Å². The van der Waals surface area contributed by atoms with Crippen molar-refractivity contribution in [2.24, 2.45) is 5.41 Å². The van der Waals surface area contributed by atoms with Crippen LogP contribution in [0.2, 0.25) is 0 Å². The molecule has 0 saturated heterocycles. The number of ether oxygens (including phenoxy) is 1. The Hall–Kier alpha value is -1.02. The summed E-state index contributed by atoms with van der Waals surface area (Å²) in [5, 5.41) is 3.80. The zero-order valence-electron chi connectivity index (χ0n) is 12.9. The molecule has 2 rings (SSSR count). The summed E-state index contributed by atoms with van der Waals surface area (Å²) in [6, 6.07) is 7.41. The third-order valence-corrected chi connectivity index (χ3v) is 4.56. The standard InChI is InChI=1S/C17H27NO/c1-12-8-9-14(15(11-12)19-5)13(2)18-16-7-6-10-17(16,3)4/h8-9,11,13,16,18H,6-7,10H2,1-5H3. The highest BCUT2D eigenvalue weighted by Crippen LogP contribution is 2.39. The van der Waals surface area contributed by atoms with Crippen LogP contribution in [0.5, 0.6) is 5.75 Å². The third-order valence-electron chi connectivity index (χ3n) is 4.56. The second kappa shape index (κ2) is 5.54. The first-order valence-electron chi connectivity index (χ1n) is 7.34. The minimum Gasteiger partial charge on any atom is -0.496 e. The van der Waals surface area contributed by atoms with Gasteiger partial charge in [0.25, 0.3) is 0 Å². The monoisotopic (exact) mass is 261 g/mol. The number of nitrogens with one attached hydrogen (secondary N) is 1. The highest BCUT2D eigenvalue weighted by Gasteiger charge is 2.35. The first kappa shape index (κ1) is 14.4. The van der Waals surface area contributed by atoms with Gasteiger partial charge in [-0.3, -0.25) is 0 Å². The fraction of sp³-hybridized carbons (Fsp3) is 0.647. The van der Waals surface area contributed by atoms with Gasteiger partial charge in [0.1, 0.15) is 5.75 Å². The van der Waals surface area contributed by atoms with E-state index in [1.54, 1.807) is 7.11 Å². The number of rotatable bonds is 4. The molecule has 2 atom stereocenters. The van der Waals surface area contributed by atoms with E-state index in [1.165, 1.54) is 30.4 Å². The minimum absolute atomic E-state index is 0.331. The largest absolute Gasteiger partial charge is 0.496 e. The molecule has 0 amide bonds. The number of aryl methyl sites for hydroxylation is 1. The van der Waals surface area contributed by atoms with Gasteiger partial charge in [0.2, 0.25) is 0 Å². The van der Waals surface area contributed by atoms with Gasteiger partial charge in [-0.25, -0.2) is 0 Å². The van der Waals surface area contributed by atoms with Gasteiger partial charge in [0.15, 0.2) is 0 Å². The predicted octanol–water partition coefficient (Wildman–Crippen LogP) is 4.23. The Kier molecular flexibility index (Phi) is 4.19. The molecule has 0 aromatic heterocycles. The van der Waals surface area contributed by atoms with Crippen LogP contribution in [0.15, 0.2) is 18.2 Å². The summed E-state index contributed by atoms with van der Waals surface area (Å²) in [6.45, 7) is 9.08. The summed E-state index contributed by atoms with van der Waals surface area (Å²) in [4.78, 5) is 0. The maximum Gasteiger partial charge on any atom is 0.123 e. The van der Waals surface area contributed by atoms with Gasteiger partial charge in [-0.05, 0) is 43.7 Å². The Balaban J connectivity index is 2.14. The molecule has 0 radical (unpaired) electrons. The number of hydrogen-bond acceptors (Lipinski definition) is 2. The number of hydrogen-bond donors (Lipinski definition) is 1. The topological polar surface area (TPSA) is 21.3 Å². The maximum absolute atomic E-state index is 5.52. The van der Waals surface area contributed by atoms with Crippen LogP contribution >= 0.6 is 0 Å². The van der Waals surface area contributed by atoms with E-state index in [9.17, 15) is 0 Å². The average Bonchev–Trinajstić information content (AvgIpc) is 2.68. The molecule has 2 unspecified atom stereocenters. The fourth-order valence-corrected chi connectivity index (χ4v) is 3.20. The van der Waals surface area contributed by atoms with Gasteiger partial charge < -0.3 is 10.1 Å². The van der Waals surface area contributed by atoms with Crippen molar-refractivity contribution in [2.75, 3.05) is 7.11 Å². The van der Waals surface area contributed by atoms with E-state index in [2.05, 4.69) is 51.2 Å². The van der Waals surface area contributed by atoms with E-state index in [1.807, 2.05) is 0 Å². The SMILES string of the molecule is COc1cc(C)ccc1C(C)NC1CCCC1(C)C. The Morgan fingerprint density at radius 2 is 2.11 bits per heavy atom. The molecule has 1 fully saturated rings. The summed E-state index contributed by atoms with van der Waals surface area (Å²) in [5.41, 5.74) is 2.91. The fourth-order valence-electron chi connectivity index (χ4n) is 3.20. The van der Waals surface area contributed by atoms with Gasteiger partial charge in [0.05, 0.1) is 7.11 Å². The molecule has 1 aliphatic rings. The molecule has 106 valence electrons. The lowest BCUT2D eigenvalue weighted by atomic mass is 9.86. The quantitative estimate of drug-likeness (QED) is 0.875. The van der Waals surface area contributed by atoms with Crippen molar-refractivity contribution in [1.82, 2.24) is 5.32 Å². The van der Waals surface area contributed by atoms with E-state index < -0.39 is 0 Å². The van der Waals surface area contributed by atoms with Crippen LogP contribution in [0.1, 0.15) is 57.2 Å². The molecule has 2 nitrogen and oxygen atoms in total. The minimum atomic E-state index is 0.331. The maximum atomic E-state index is 5.52. The van der Waals surface area contributed by atoms with Gasteiger partial charge in [-0.2, -0.15) is 0 Å². The molecule has 1 saturated carbocycles. The average molecular weight is 261 g/mol. The van der Waals surface area contributed by atoms with Gasteiger partial charge >= 0.3 is 0 Å². The molecule has 0 bridgehead atoms. The van der Waals surface area contributed by atoms with Crippen molar-refractivity contribution < 1.29 is 4.74 Å². The second-order valence-corrected chi connectivity index (χ2v) is 6.57. The van der Waals surface area contributed by atoms with Crippen LogP contribution in [0.3, 0.4) is 0 Å². The molecule has 2 heteroatoms. The molecule has 19 heavy (non-hydrogen) atoms. The highest BCUT2D eigenvalue weighted by molar-refractivity contribution is 5.39. The molecule has 1 aliphatic carbocycles. The van der Waals surface area contributed by atoms with Crippen molar-refractivity contribution in [3.05, 3.63) is 29.3 Å². The van der Waals surface area contributed by atoms with E-state index in [4.69, 9.17) is 4.74 Å². The second-order valence-electron chi connectivity index (χ2n) is 6.57. The Morgan fingerprint density at radius 3 is 2.68 bits per heavy atom. The molecular formula is C17H27NO. The molecule has 0 spiro atoms. The zero-order chi connectivity index (χ0) is 14.0. The Bertz CT molecular complexity index is 439. The molecular weight excluding hydrogens is 234 g/mol. The third kappa shape index (κ3) is 3.11. The lowest BCUT2D eigenvalue weighted by Gasteiger charge is -2.31. The normalized spacial score (nSPS) is 23.3. The van der Waals surface area contributed by atoms with Gasteiger partial charge in [-0.15, -0.1) is 0 Å². The number of benzene rings is 1. The lowest BCUT2D eigenvalue weighted by Crippen LogP contribution is -2.39. The first-order valence-corrected chi connectivity index (χ1v) is 7.34. The van der Waals surface area contributed by atoms with Crippen LogP contribution < -0.4 is 10.1 Å². The van der Waals surface area contributed by atoms with Crippen LogP contribution in [0.4, 0.5) is 0 Å². The van der Waals surface area contributed by atoms with Crippen LogP contribution in [0.25, 0.3) is 0 Å². The summed E-state index contributed by atoms with van der Waals surface area (Å²) in [5.74, 6) is 0.996. The van der Waals surface area contributed by atoms with Crippen molar-refractivity contribution in [2.45, 2.75) is 59.0 Å². The van der Waals surface area contributed by atoms with Crippen LogP contribution in [-0.4, -0.2) is 13.2 Å². The molecule has 0 heterocycles. The summed E-state index contributed by atoms with van der Waals surface area (Å²) in [6.07, 6.45) is 3.94. The molecule has 1 N–H and O–H groups in total. The van der Waals surface area contributed by atoms with Crippen molar-refractivity contribution >= 4 is 0 Å². The molecule has 1 aromatic carbocycles. The van der Waals surface area contributed by atoms with Gasteiger partial charge in [-0.1, -0.05) is 32.4 Å². The predicted molar refractivity (Wildman–Crippen MR) is 80.7 cm³/mol. The molecule has 1 aromatic rings. The number of methoxy groups -OCH3 is 1. The molecule has 0 aliphatic heterocycles. The van der Waals surface area contributed by atoms with Crippen LogP contribution in [0, 0.1) is 12.3 Å². The van der Waals surface area contributed by atoms with E-state index in [0.29, 0.717) is 17.5 Å². The zero-order valence-corrected chi connectivity index (χ0v) is 12.9. The van der Waals surface area contributed by atoms with Crippen LogP contribution in [-0.2, 0) is 0 Å². The summed E-state index contributed by atoms with van der Waals surface area (Å²) in [7, 11) is 1.75. The van der Waals surface area contributed by atoms with Crippen molar-refractivity contribution in [3.8, 4) is 5.75 Å². The highest BCUT2D eigenvalue weighted by atomic mass is 16.5. The smallest absolute Gasteiger partial charge is 0.123 e. The lowest BCUT2D eigenvalue weighted by molar-refractivity contribution is 0.264. The van der Waals surface area contributed by atoms with E-state index in [-0.39, 0.29) is 0 Å². The summed E-state index contributed by atoms with van der Waals surface area (Å²) < 4.78 is 5.52. The van der Waals surface area contributed by atoms with Crippen molar-refractivity contribution in [1.29, 1.82) is 0 Å². The van der Waals surface area contributed by atoms with Gasteiger partial charge in [0, 0.05) is 17.6 Å². The Morgan fingerprint density at radius 1 is 1.37 bits per heavy atom. The van der Waals surface area contributed by atoms with E-state index >= 15 is 0 Å². The summed E-state index contributed by atoms with van der Waals surface area (Å²) >= 11 is 0. The Labute approximate surface area is 117 Å². The van der Waals surface area contributed by atoms with Crippen molar-refractivity contribution in [3.63, 3.8) is 0 Å².